The number of ether oxygens (including phenoxy) is 1. The van der Waals surface area contributed by atoms with Gasteiger partial charge < -0.3 is 10.5 Å². The van der Waals surface area contributed by atoms with Gasteiger partial charge in [0.1, 0.15) is 6.04 Å². The minimum Gasteiger partial charge on any atom is -0.468 e. The summed E-state index contributed by atoms with van der Waals surface area (Å²) >= 11 is 1.55. The second kappa shape index (κ2) is 5.67. The molecule has 0 saturated heterocycles. The van der Waals surface area contributed by atoms with Crippen LogP contribution in [0.2, 0.25) is 0 Å². The van der Waals surface area contributed by atoms with Gasteiger partial charge in [-0.2, -0.15) is 0 Å². The molecule has 108 valence electrons. The number of esters is 1. The molecule has 5 nitrogen and oxygen atoms in total. The van der Waals surface area contributed by atoms with Crippen LogP contribution in [-0.4, -0.2) is 28.5 Å². The second-order valence-electron chi connectivity index (χ2n) is 4.66. The van der Waals surface area contributed by atoms with Crippen molar-refractivity contribution in [2.45, 2.75) is 12.5 Å². The van der Waals surface area contributed by atoms with Crippen LogP contribution in [0.4, 0.5) is 0 Å². The van der Waals surface area contributed by atoms with Crippen molar-refractivity contribution in [3.05, 3.63) is 47.6 Å². The molecule has 1 aromatic carbocycles. The summed E-state index contributed by atoms with van der Waals surface area (Å²) in [6.45, 7) is 0. The zero-order chi connectivity index (χ0) is 14.8. The Bertz CT molecular complexity index is 764. The van der Waals surface area contributed by atoms with E-state index in [0.717, 1.165) is 21.9 Å². The monoisotopic (exact) mass is 301 g/mol. The minimum atomic E-state index is -0.697. The lowest BCUT2D eigenvalue weighted by Crippen LogP contribution is -2.34. The Hall–Kier alpha value is -2.18. The van der Waals surface area contributed by atoms with E-state index in [-0.39, 0.29) is 0 Å². The molecule has 0 spiro atoms. The molecule has 0 radical (unpaired) electrons. The number of carbonyl (C=O) groups excluding carboxylic acids is 1. The highest BCUT2D eigenvalue weighted by molar-refractivity contribution is 7.15. The zero-order valence-corrected chi connectivity index (χ0v) is 12.3. The fraction of sp³-hybridized carbons (Fsp3) is 0.200. The first kappa shape index (κ1) is 13.8. The summed E-state index contributed by atoms with van der Waals surface area (Å²) in [6.07, 6.45) is 2.33. The van der Waals surface area contributed by atoms with E-state index in [1.165, 1.54) is 7.11 Å². The molecule has 0 aliphatic carbocycles. The van der Waals surface area contributed by atoms with Crippen LogP contribution in [0.5, 0.6) is 0 Å². The zero-order valence-electron chi connectivity index (χ0n) is 11.5. The van der Waals surface area contributed by atoms with Gasteiger partial charge in [0.25, 0.3) is 0 Å². The second-order valence-corrected chi connectivity index (χ2v) is 5.54. The third-order valence-corrected chi connectivity index (χ3v) is 4.08. The first-order chi connectivity index (χ1) is 10.2. The molecule has 2 N–H and O–H groups in total. The number of thiazole rings is 1. The van der Waals surface area contributed by atoms with E-state index in [1.807, 2.05) is 46.3 Å². The van der Waals surface area contributed by atoms with Crippen LogP contribution < -0.4 is 5.73 Å². The summed E-state index contributed by atoms with van der Waals surface area (Å²) < 4.78 is 6.69. The fourth-order valence-corrected chi connectivity index (χ4v) is 3.03. The lowest BCUT2D eigenvalue weighted by atomic mass is 10.1. The number of carbonyl (C=O) groups is 1. The standard InChI is InChI=1S/C15H15N3O2S/c1-20-14(19)11(16)9-12-13(10-5-3-2-4-6-10)17-15-18(12)7-8-21-15/h2-8,11H,9,16H2,1H3. The molecule has 21 heavy (non-hydrogen) atoms. The number of aromatic nitrogens is 2. The molecular formula is C15H15N3O2S. The van der Waals surface area contributed by atoms with Crippen LogP contribution in [0.25, 0.3) is 16.2 Å². The van der Waals surface area contributed by atoms with Crippen LogP contribution in [-0.2, 0) is 16.0 Å². The Balaban J connectivity index is 2.06. The van der Waals surface area contributed by atoms with Crippen molar-refractivity contribution in [1.29, 1.82) is 0 Å². The molecule has 3 rings (SSSR count). The molecule has 0 saturated carbocycles. The molecule has 6 heteroatoms. The number of hydrogen-bond donors (Lipinski definition) is 1. The maximum Gasteiger partial charge on any atom is 0.323 e. The van der Waals surface area contributed by atoms with Gasteiger partial charge in [0, 0.05) is 23.6 Å². The van der Waals surface area contributed by atoms with Crippen LogP contribution in [0.15, 0.2) is 41.9 Å². The Morgan fingerprint density at radius 3 is 2.90 bits per heavy atom. The molecule has 0 bridgehead atoms. The van der Waals surface area contributed by atoms with Crippen LogP contribution in [0.1, 0.15) is 5.69 Å². The molecule has 1 unspecified atom stereocenters. The van der Waals surface area contributed by atoms with Crippen molar-refractivity contribution in [3.63, 3.8) is 0 Å². The summed E-state index contributed by atoms with van der Waals surface area (Å²) in [5, 5.41) is 1.96. The van der Waals surface area contributed by atoms with Crippen molar-refractivity contribution < 1.29 is 9.53 Å². The molecule has 0 amide bonds. The summed E-state index contributed by atoms with van der Waals surface area (Å²) in [7, 11) is 1.34. The SMILES string of the molecule is COC(=O)C(N)Cc1c(-c2ccccc2)nc2sccn12. The van der Waals surface area contributed by atoms with Gasteiger partial charge in [0.15, 0.2) is 4.96 Å². The number of methoxy groups -OCH3 is 1. The molecule has 3 aromatic rings. The van der Waals surface area contributed by atoms with E-state index < -0.39 is 12.0 Å². The maximum atomic E-state index is 11.6. The number of imidazole rings is 1. The van der Waals surface area contributed by atoms with Crippen molar-refractivity contribution in [3.8, 4) is 11.3 Å². The molecular weight excluding hydrogens is 286 g/mol. The summed E-state index contributed by atoms with van der Waals surface area (Å²) in [5.74, 6) is -0.417. The Morgan fingerprint density at radius 2 is 2.19 bits per heavy atom. The number of rotatable bonds is 4. The lowest BCUT2D eigenvalue weighted by molar-refractivity contribution is -0.142. The highest BCUT2D eigenvalue weighted by atomic mass is 32.1. The van der Waals surface area contributed by atoms with E-state index in [4.69, 9.17) is 10.5 Å². The van der Waals surface area contributed by atoms with Crippen LogP contribution in [0.3, 0.4) is 0 Å². The van der Waals surface area contributed by atoms with Crippen molar-refractivity contribution in [1.82, 2.24) is 9.38 Å². The largest absolute Gasteiger partial charge is 0.468 e. The van der Waals surface area contributed by atoms with Gasteiger partial charge in [-0.15, -0.1) is 11.3 Å². The summed E-state index contributed by atoms with van der Waals surface area (Å²) in [4.78, 5) is 17.1. The molecule has 1 atom stereocenters. The Kier molecular flexibility index (Phi) is 3.72. The summed E-state index contributed by atoms with van der Waals surface area (Å²) in [5.41, 5.74) is 8.72. The maximum absolute atomic E-state index is 11.6. The van der Waals surface area contributed by atoms with E-state index in [9.17, 15) is 4.79 Å². The van der Waals surface area contributed by atoms with Gasteiger partial charge in [-0.3, -0.25) is 9.20 Å². The first-order valence-electron chi connectivity index (χ1n) is 6.54. The lowest BCUT2D eigenvalue weighted by Gasteiger charge is -2.10. The number of nitrogens with two attached hydrogens (primary N) is 1. The van der Waals surface area contributed by atoms with E-state index in [2.05, 4.69) is 4.98 Å². The van der Waals surface area contributed by atoms with Gasteiger partial charge in [0.05, 0.1) is 18.5 Å². The third kappa shape index (κ3) is 2.55. The van der Waals surface area contributed by atoms with Crippen molar-refractivity contribution in [2.24, 2.45) is 5.73 Å². The average molecular weight is 301 g/mol. The fourth-order valence-electron chi connectivity index (χ4n) is 2.30. The minimum absolute atomic E-state index is 0.384. The van der Waals surface area contributed by atoms with E-state index >= 15 is 0 Å². The topological polar surface area (TPSA) is 69.6 Å². The first-order valence-corrected chi connectivity index (χ1v) is 7.42. The molecule has 0 fully saturated rings. The number of hydrogen-bond acceptors (Lipinski definition) is 5. The average Bonchev–Trinajstić information content (AvgIpc) is 3.10. The third-order valence-electron chi connectivity index (χ3n) is 3.33. The molecule has 0 aliphatic heterocycles. The van der Waals surface area contributed by atoms with Crippen molar-refractivity contribution in [2.75, 3.05) is 7.11 Å². The predicted octanol–water partition coefficient (Wildman–Crippen LogP) is 2.11. The van der Waals surface area contributed by atoms with Gasteiger partial charge >= 0.3 is 5.97 Å². The van der Waals surface area contributed by atoms with Gasteiger partial charge in [0.2, 0.25) is 0 Å². The van der Waals surface area contributed by atoms with E-state index in [1.54, 1.807) is 11.3 Å². The van der Waals surface area contributed by atoms with Crippen LogP contribution in [0, 0.1) is 0 Å². The number of benzene rings is 1. The van der Waals surface area contributed by atoms with E-state index in [0.29, 0.717) is 6.42 Å². The summed E-state index contributed by atoms with van der Waals surface area (Å²) in [6, 6.07) is 9.19. The Morgan fingerprint density at radius 1 is 1.43 bits per heavy atom. The number of fused-ring (bicyclic) bond motifs is 1. The van der Waals surface area contributed by atoms with Crippen LogP contribution >= 0.6 is 11.3 Å². The smallest absolute Gasteiger partial charge is 0.323 e. The highest BCUT2D eigenvalue weighted by Gasteiger charge is 2.21. The molecule has 2 aromatic heterocycles. The van der Waals surface area contributed by atoms with Crippen molar-refractivity contribution >= 4 is 22.3 Å². The quantitative estimate of drug-likeness (QED) is 0.749. The molecule has 2 heterocycles. The van der Waals surface area contributed by atoms with Gasteiger partial charge in [-0.25, -0.2) is 4.98 Å². The predicted molar refractivity (Wildman–Crippen MR) is 82.2 cm³/mol. The Labute approximate surface area is 126 Å². The van der Waals surface area contributed by atoms with Gasteiger partial charge in [-0.05, 0) is 0 Å². The number of nitrogens with zero attached hydrogens (tertiary/aromatic N) is 2. The molecule has 0 aliphatic rings. The normalized spacial score (nSPS) is 12.5. The highest BCUT2D eigenvalue weighted by Crippen LogP contribution is 2.27. The van der Waals surface area contributed by atoms with Gasteiger partial charge in [-0.1, -0.05) is 30.3 Å².